The summed E-state index contributed by atoms with van der Waals surface area (Å²) in [6.07, 6.45) is 2.99. The van der Waals surface area contributed by atoms with Gasteiger partial charge in [0.2, 0.25) is 0 Å². The highest BCUT2D eigenvalue weighted by molar-refractivity contribution is 14.1. The Morgan fingerprint density at radius 2 is 2.03 bits per heavy atom. The predicted octanol–water partition coefficient (Wildman–Crippen LogP) is 3.94. The Balaban J connectivity index is 1.56. The van der Waals surface area contributed by atoms with E-state index >= 15 is 0 Å². The minimum Gasteiger partial charge on any atom is -0.379 e. The molecule has 184 valence electrons. The molecule has 0 aromatic carbocycles. The predicted molar refractivity (Wildman–Crippen MR) is 125 cm³/mol. The van der Waals surface area contributed by atoms with Crippen LogP contribution in [0, 0.1) is 3.57 Å². The van der Waals surface area contributed by atoms with Gasteiger partial charge in [0.1, 0.15) is 18.4 Å². The molecule has 2 aliphatic heterocycles. The first kappa shape index (κ1) is 26.2. The first-order chi connectivity index (χ1) is 15.4. The number of halogens is 3. The maximum absolute atomic E-state index is 14.6. The van der Waals surface area contributed by atoms with E-state index in [0.717, 1.165) is 60.3 Å². The number of hydrogen-bond acceptors (Lipinski definition) is 6. The molecule has 7 nitrogen and oxygen atoms in total. The van der Waals surface area contributed by atoms with Gasteiger partial charge in [0.15, 0.2) is 6.29 Å². The van der Waals surface area contributed by atoms with E-state index in [9.17, 15) is 8.78 Å². The third-order valence-corrected chi connectivity index (χ3v) is 7.16. The molecule has 3 rings (SSSR count). The number of alkyl halides is 2. The van der Waals surface area contributed by atoms with Crippen molar-refractivity contribution in [2.75, 3.05) is 52.7 Å². The van der Waals surface area contributed by atoms with Crippen LogP contribution in [-0.4, -0.2) is 79.6 Å². The molecule has 2 aliphatic rings. The second kappa shape index (κ2) is 12.9. The fraction of sp³-hybridized carbons (Fsp3) is 0.864. The zero-order valence-electron chi connectivity index (χ0n) is 19.2. The van der Waals surface area contributed by atoms with Gasteiger partial charge in [0, 0.05) is 39.7 Å². The van der Waals surface area contributed by atoms with Crippen LogP contribution in [-0.2, 0) is 32.4 Å². The van der Waals surface area contributed by atoms with E-state index in [0.29, 0.717) is 26.2 Å². The molecule has 2 unspecified atom stereocenters. The Bertz CT molecular complexity index is 695. The largest absolute Gasteiger partial charge is 0.379 e. The zero-order valence-corrected chi connectivity index (χ0v) is 21.3. The summed E-state index contributed by atoms with van der Waals surface area (Å²) < 4.78 is 54.2. The fourth-order valence-electron chi connectivity index (χ4n) is 4.05. The van der Waals surface area contributed by atoms with E-state index < -0.39 is 18.6 Å². The van der Waals surface area contributed by atoms with Crippen molar-refractivity contribution in [3.63, 3.8) is 0 Å². The van der Waals surface area contributed by atoms with Crippen LogP contribution >= 0.6 is 22.6 Å². The van der Waals surface area contributed by atoms with E-state index in [1.807, 2.05) is 11.7 Å². The molecule has 32 heavy (non-hydrogen) atoms. The van der Waals surface area contributed by atoms with Crippen LogP contribution in [0.15, 0.2) is 0 Å². The van der Waals surface area contributed by atoms with Crippen molar-refractivity contribution in [2.24, 2.45) is 7.05 Å². The first-order valence-corrected chi connectivity index (χ1v) is 12.7. The van der Waals surface area contributed by atoms with Crippen molar-refractivity contribution in [1.29, 1.82) is 0 Å². The van der Waals surface area contributed by atoms with Crippen molar-refractivity contribution in [1.82, 2.24) is 14.7 Å². The molecule has 0 saturated carbocycles. The van der Waals surface area contributed by atoms with Gasteiger partial charge < -0.3 is 18.9 Å². The average Bonchev–Trinajstić information content (AvgIpc) is 3.08. The highest BCUT2D eigenvalue weighted by Crippen LogP contribution is 2.31. The highest BCUT2D eigenvalue weighted by atomic mass is 127. The van der Waals surface area contributed by atoms with Crippen LogP contribution in [0.4, 0.5) is 8.78 Å². The van der Waals surface area contributed by atoms with Crippen LogP contribution in [0.2, 0.25) is 0 Å². The summed E-state index contributed by atoms with van der Waals surface area (Å²) in [6.45, 7) is 5.88. The SMILES string of the molecule is CCc1c(I)c(C(CCN2CCOCC2)OCC(F)(F)CCOC2CCCCO2)nn1C. The number of aromatic nitrogens is 2. The standard InChI is InChI=1S/C22H36F2IN3O4/c1-3-17-20(25)21(26-27(17)2)18(7-9-28-10-14-29-15-11-28)32-16-22(23,24)8-13-31-19-6-4-5-12-30-19/h18-19H,3-16H2,1-2H3. The van der Waals surface area contributed by atoms with Gasteiger partial charge in [0.25, 0.3) is 5.92 Å². The Labute approximate surface area is 203 Å². The molecule has 1 aromatic heterocycles. The number of morpholine rings is 1. The van der Waals surface area contributed by atoms with E-state index in [4.69, 9.17) is 18.9 Å². The lowest BCUT2D eigenvalue weighted by molar-refractivity contribution is -0.179. The second-order valence-corrected chi connectivity index (χ2v) is 9.52. The van der Waals surface area contributed by atoms with Gasteiger partial charge in [0.05, 0.1) is 29.1 Å². The minimum atomic E-state index is -2.97. The zero-order chi connectivity index (χ0) is 23.0. The fourth-order valence-corrected chi connectivity index (χ4v) is 5.23. The molecule has 0 amide bonds. The average molecular weight is 571 g/mol. The Morgan fingerprint density at radius 1 is 1.25 bits per heavy atom. The maximum Gasteiger partial charge on any atom is 0.273 e. The van der Waals surface area contributed by atoms with Crippen molar-refractivity contribution < 1.29 is 27.7 Å². The molecule has 3 heterocycles. The van der Waals surface area contributed by atoms with Crippen LogP contribution in [0.1, 0.15) is 56.5 Å². The monoisotopic (exact) mass is 571 g/mol. The Hall–Kier alpha value is -0.400. The highest BCUT2D eigenvalue weighted by Gasteiger charge is 2.33. The molecule has 0 N–H and O–H groups in total. The molecule has 2 saturated heterocycles. The second-order valence-electron chi connectivity index (χ2n) is 8.44. The van der Waals surface area contributed by atoms with Gasteiger partial charge >= 0.3 is 0 Å². The van der Waals surface area contributed by atoms with Crippen LogP contribution < -0.4 is 0 Å². The van der Waals surface area contributed by atoms with E-state index in [1.165, 1.54) is 0 Å². The summed E-state index contributed by atoms with van der Waals surface area (Å²) in [5.41, 5.74) is 1.84. The summed E-state index contributed by atoms with van der Waals surface area (Å²) in [5, 5.41) is 4.62. The van der Waals surface area contributed by atoms with E-state index in [1.54, 1.807) is 0 Å². The number of aryl methyl sites for hydroxylation is 1. The first-order valence-electron chi connectivity index (χ1n) is 11.6. The van der Waals surface area contributed by atoms with E-state index in [2.05, 4.69) is 39.5 Å². The number of nitrogens with zero attached hydrogens (tertiary/aromatic N) is 3. The Kier molecular flexibility index (Phi) is 10.6. The van der Waals surface area contributed by atoms with Crippen molar-refractivity contribution in [3.05, 3.63) is 15.0 Å². The molecule has 2 atom stereocenters. The third kappa shape index (κ3) is 7.83. The number of ether oxygens (including phenoxy) is 4. The number of rotatable bonds is 12. The molecule has 0 radical (unpaired) electrons. The molecule has 2 fully saturated rings. The quantitative estimate of drug-likeness (QED) is 0.355. The van der Waals surface area contributed by atoms with Gasteiger partial charge in [-0.3, -0.25) is 9.58 Å². The normalized spacial score (nSPS) is 21.7. The maximum atomic E-state index is 14.6. The summed E-state index contributed by atoms with van der Waals surface area (Å²) in [6, 6.07) is 0. The lowest BCUT2D eigenvalue weighted by Gasteiger charge is -2.29. The molecule has 10 heteroatoms. The number of hydrogen-bond donors (Lipinski definition) is 0. The van der Waals surface area contributed by atoms with Gasteiger partial charge in [-0.15, -0.1) is 0 Å². The van der Waals surface area contributed by atoms with Gasteiger partial charge in [-0.25, -0.2) is 8.78 Å². The summed E-state index contributed by atoms with van der Waals surface area (Å²) in [5.74, 6) is -2.97. The lowest BCUT2D eigenvalue weighted by Crippen LogP contribution is -2.37. The molecule has 1 aromatic rings. The molecular formula is C22H36F2IN3O4. The molecule has 0 spiro atoms. The van der Waals surface area contributed by atoms with Crippen LogP contribution in [0.5, 0.6) is 0 Å². The van der Waals surface area contributed by atoms with Gasteiger partial charge in [-0.05, 0) is 54.7 Å². The third-order valence-electron chi connectivity index (χ3n) is 5.98. The van der Waals surface area contributed by atoms with E-state index in [-0.39, 0.29) is 19.3 Å². The van der Waals surface area contributed by atoms with Crippen LogP contribution in [0.3, 0.4) is 0 Å². The van der Waals surface area contributed by atoms with Crippen molar-refractivity contribution >= 4 is 22.6 Å². The van der Waals surface area contributed by atoms with Crippen LogP contribution in [0.25, 0.3) is 0 Å². The molecular weight excluding hydrogens is 535 g/mol. The minimum absolute atomic E-state index is 0.0411. The van der Waals surface area contributed by atoms with Gasteiger partial charge in [-0.1, -0.05) is 6.92 Å². The molecule has 0 aliphatic carbocycles. The topological polar surface area (TPSA) is 58.0 Å². The molecule has 0 bridgehead atoms. The summed E-state index contributed by atoms with van der Waals surface area (Å²) in [7, 11) is 1.89. The van der Waals surface area contributed by atoms with Crippen molar-refractivity contribution in [3.8, 4) is 0 Å². The lowest BCUT2D eigenvalue weighted by atomic mass is 10.1. The smallest absolute Gasteiger partial charge is 0.273 e. The summed E-state index contributed by atoms with van der Waals surface area (Å²) >= 11 is 2.26. The summed E-state index contributed by atoms with van der Waals surface area (Å²) in [4.78, 5) is 2.28. The Morgan fingerprint density at radius 3 is 2.69 bits per heavy atom. The van der Waals surface area contributed by atoms with Crippen molar-refractivity contribution in [2.45, 2.75) is 63.8 Å². The van der Waals surface area contributed by atoms with Gasteiger partial charge in [-0.2, -0.15) is 5.10 Å².